The van der Waals surface area contributed by atoms with Crippen molar-refractivity contribution in [1.82, 2.24) is 4.98 Å². The summed E-state index contributed by atoms with van der Waals surface area (Å²) in [5, 5.41) is 9.80. The van der Waals surface area contributed by atoms with E-state index < -0.39 is 6.10 Å². The van der Waals surface area contributed by atoms with E-state index in [9.17, 15) is 5.11 Å². The van der Waals surface area contributed by atoms with Gasteiger partial charge in [0.25, 0.3) is 0 Å². The van der Waals surface area contributed by atoms with Crippen LogP contribution < -0.4 is 0 Å². The quantitative estimate of drug-likeness (QED) is 0.742. The van der Waals surface area contributed by atoms with Gasteiger partial charge in [0, 0.05) is 18.8 Å². The number of hydrogen-bond acceptors (Lipinski definition) is 3. The first kappa shape index (κ1) is 8.26. The summed E-state index contributed by atoms with van der Waals surface area (Å²) in [5.74, 6) is 0.659. The lowest BCUT2D eigenvalue weighted by Gasteiger charge is -2.11. The highest BCUT2D eigenvalue weighted by Crippen LogP contribution is 2.25. The number of aliphatic hydroxyl groups excluding tert-OH is 1. The number of nitrogens with zero attached hydrogens (tertiary/aromatic N) is 1. The van der Waals surface area contributed by atoms with Crippen molar-refractivity contribution in [1.29, 1.82) is 0 Å². The van der Waals surface area contributed by atoms with Crippen LogP contribution in [-0.4, -0.2) is 16.7 Å². The van der Waals surface area contributed by atoms with Crippen LogP contribution in [0.1, 0.15) is 18.1 Å². The standard InChI is InChI=1S/C10H11NO2/c12-10(9-2-1-7-13-9)8-3-5-11-6-4-8/h2-6,10,12H,1,7H2. The smallest absolute Gasteiger partial charge is 0.136 e. The Hall–Kier alpha value is -1.35. The molecule has 2 heterocycles. The third-order valence-electron chi connectivity index (χ3n) is 2.02. The molecule has 0 aliphatic carbocycles. The van der Waals surface area contributed by atoms with Gasteiger partial charge in [-0.1, -0.05) is 0 Å². The summed E-state index contributed by atoms with van der Waals surface area (Å²) in [4.78, 5) is 3.88. The zero-order valence-electron chi connectivity index (χ0n) is 7.18. The van der Waals surface area contributed by atoms with E-state index in [1.807, 2.05) is 6.08 Å². The lowest BCUT2D eigenvalue weighted by atomic mass is 10.1. The van der Waals surface area contributed by atoms with Gasteiger partial charge in [-0.05, 0) is 23.8 Å². The maximum absolute atomic E-state index is 9.80. The molecule has 0 spiro atoms. The maximum atomic E-state index is 9.80. The summed E-state index contributed by atoms with van der Waals surface area (Å²) >= 11 is 0. The molecule has 1 aromatic rings. The molecule has 0 radical (unpaired) electrons. The minimum Gasteiger partial charge on any atom is -0.495 e. The molecule has 0 fully saturated rings. The van der Waals surface area contributed by atoms with E-state index in [0.29, 0.717) is 12.4 Å². The van der Waals surface area contributed by atoms with Crippen molar-refractivity contribution in [3.8, 4) is 0 Å². The molecule has 0 aromatic carbocycles. The number of aliphatic hydroxyl groups is 1. The van der Waals surface area contributed by atoms with Crippen LogP contribution in [-0.2, 0) is 4.74 Å². The Kier molecular flexibility index (Phi) is 2.27. The van der Waals surface area contributed by atoms with Gasteiger partial charge in [-0.3, -0.25) is 4.98 Å². The first-order valence-corrected chi connectivity index (χ1v) is 4.29. The zero-order valence-corrected chi connectivity index (χ0v) is 7.18. The molecule has 0 saturated carbocycles. The summed E-state index contributed by atoms with van der Waals surface area (Å²) in [5.41, 5.74) is 0.822. The second kappa shape index (κ2) is 3.58. The third kappa shape index (κ3) is 1.70. The van der Waals surface area contributed by atoms with E-state index in [1.54, 1.807) is 24.5 Å². The lowest BCUT2D eigenvalue weighted by molar-refractivity contribution is 0.119. The monoisotopic (exact) mass is 177 g/mol. The van der Waals surface area contributed by atoms with Crippen LogP contribution in [0.4, 0.5) is 0 Å². The van der Waals surface area contributed by atoms with E-state index in [0.717, 1.165) is 12.0 Å². The van der Waals surface area contributed by atoms with Crippen LogP contribution in [0.5, 0.6) is 0 Å². The van der Waals surface area contributed by atoms with Crippen LogP contribution in [0, 0.1) is 0 Å². The van der Waals surface area contributed by atoms with Crippen LogP contribution >= 0.6 is 0 Å². The molecule has 0 amide bonds. The number of rotatable bonds is 2. The van der Waals surface area contributed by atoms with Crippen molar-refractivity contribution in [2.24, 2.45) is 0 Å². The first-order valence-electron chi connectivity index (χ1n) is 4.29. The van der Waals surface area contributed by atoms with Crippen molar-refractivity contribution in [2.75, 3.05) is 6.61 Å². The molecule has 1 atom stereocenters. The molecule has 1 unspecified atom stereocenters. The van der Waals surface area contributed by atoms with Crippen molar-refractivity contribution < 1.29 is 9.84 Å². The number of ether oxygens (including phenoxy) is 1. The molecular weight excluding hydrogens is 166 g/mol. The molecule has 0 bridgehead atoms. The van der Waals surface area contributed by atoms with Crippen LogP contribution in [0.15, 0.2) is 36.4 Å². The Morgan fingerprint density at radius 3 is 2.77 bits per heavy atom. The van der Waals surface area contributed by atoms with Crippen LogP contribution in [0.2, 0.25) is 0 Å². The van der Waals surface area contributed by atoms with Gasteiger partial charge in [0.05, 0.1) is 6.61 Å². The van der Waals surface area contributed by atoms with E-state index in [1.165, 1.54) is 0 Å². The summed E-state index contributed by atoms with van der Waals surface area (Å²) in [6.07, 6.45) is 5.50. The number of aromatic nitrogens is 1. The largest absolute Gasteiger partial charge is 0.495 e. The van der Waals surface area contributed by atoms with Crippen molar-refractivity contribution in [2.45, 2.75) is 12.5 Å². The molecule has 0 saturated heterocycles. The molecule has 2 rings (SSSR count). The Morgan fingerprint density at radius 1 is 1.38 bits per heavy atom. The highest BCUT2D eigenvalue weighted by molar-refractivity contribution is 5.21. The fraction of sp³-hybridized carbons (Fsp3) is 0.300. The number of hydrogen-bond donors (Lipinski definition) is 1. The molecule has 1 aromatic heterocycles. The topological polar surface area (TPSA) is 42.4 Å². The molecule has 1 aliphatic heterocycles. The molecule has 68 valence electrons. The Labute approximate surface area is 76.7 Å². The van der Waals surface area contributed by atoms with Gasteiger partial charge in [0.2, 0.25) is 0 Å². The van der Waals surface area contributed by atoms with Crippen molar-refractivity contribution in [3.05, 3.63) is 41.9 Å². The Morgan fingerprint density at radius 2 is 2.15 bits per heavy atom. The third-order valence-corrected chi connectivity index (χ3v) is 2.02. The minimum atomic E-state index is -0.634. The fourth-order valence-electron chi connectivity index (χ4n) is 1.34. The molecule has 13 heavy (non-hydrogen) atoms. The van der Waals surface area contributed by atoms with Gasteiger partial charge in [-0.2, -0.15) is 0 Å². The summed E-state index contributed by atoms with van der Waals surface area (Å²) in [7, 11) is 0. The van der Waals surface area contributed by atoms with Gasteiger partial charge in [0.15, 0.2) is 0 Å². The second-order valence-electron chi connectivity index (χ2n) is 2.93. The average molecular weight is 177 g/mol. The Bertz CT molecular complexity index is 308. The zero-order chi connectivity index (χ0) is 9.10. The van der Waals surface area contributed by atoms with E-state index in [4.69, 9.17) is 4.74 Å². The summed E-state index contributed by atoms with van der Waals surface area (Å²) in [6, 6.07) is 3.57. The predicted octanol–water partition coefficient (Wildman–Crippen LogP) is 1.42. The number of pyridine rings is 1. The van der Waals surface area contributed by atoms with E-state index in [-0.39, 0.29) is 0 Å². The first-order chi connectivity index (χ1) is 6.38. The van der Waals surface area contributed by atoms with Crippen molar-refractivity contribution >= 4 is 0 Å². The molecule has 3 heteroatoms. The van der Waals surface area contributed by atoms with Gasteiger partial charge < -0.3 is 9.84 Å². The fourth-order valence-corrected chi connectivity index (χ4v) is 1.34. The minimum absolute atomic E-state index is 0.634. The molecule has 1 aliphatic rings. The van der Waals surface area contributed by atoms with E-state index in [2.05, 4.69) is 4.98 Å². The SMILES string of the molecule is OC(C1=CCCO1)c1ccncc1. The normalized spacial score (nSPS) is 17.8. The highest BCUT2D eigenvalue weighted by atomic mass is 16.5. The second-order valence-corrected chi connectivity index (χ2v) is 2.93. The van der Waals surface area contributed by atoms with Crippen LogP contribution in [0.3, 0.4) is 0 Å². The van der Waals surface area contributed by atoms with Crippen molar-refractivity contribution in [3.63, 3.8) is 0 Å². The lowest BCUT2D eigenvalue weighted by Crippen LogP contribution is -2.01. The molecule has 3 nitrogen and oxygen atoms in total. The molecular formula is C10H11NO2. The predicted molar refractivity (Wildman–Crippen MR) is 47.8 cm³/mol. The average Bonchev–Trinajstić information content (AvgIpc) is 2.71. The van der Waals surface area contributed by atoms with Crippen LogP contribution in [0.25, 0.3) is 0 Å². The van der Waals surface area contributed by atoms with Gasteiger partial charge in [-0.15, -0.1) is 0 Å². The molecule has 1 N–H and O–H groups in total. The van der Waals surface area contributed by atoms with E-state index >= 15 is 0 Å². The maximum Gasteiger partial charge on any atom is 0.136 e. The summed E-state index contributed by atoms with van der Waals surface area (Å²) < 4.78 is 5.26. The van der Waals surface area contributed by atoms with Gasteiger partial charge in [-0.25, -0.2) is 0 Å². The highest BCUT2D eigenvalue weighted by Gasteiger charge is 2.17. The van der Waals surface area contributed by atoms with Gasteiger partial charge in [0.1, 0.15) is 11.9 Å². The summed E-state index contributed by atoms with van der Waals surface area (Å²) in [6.45, 7) is 0.678. The Balaban J connectivity index is 2.17. The van der Waals surface area contributed by atoms with Gasteiger partial charge >= 0.3 is 0 Å².